The Labute approximate surface area is 135 Å². The van der Waals surface area contributed by atoms with Gasteiger partial charge in [0.1, 0.15) is 5.82 Å². The highest BCUT2D eigenvalue weighted by molar-refractivity contribution is 7.09. The molecule has 120 valence electrons. The summed E-state index contributed by atoms with van der Waals surface area (Å²) in [4.78, 5) is 9.45. The van der Waals surface area contributed by atoms with E-state index in [2.05, 4.69) is 38.2 Å². The first-order valence-electron chi connectivity index (χ1n) is 8.01. The van der Waals surface area contributed by atoms with E-state index >= 15 is 0 Å². The van der Waals surface area contributed by atoms with Crippen LogP contribution in [0.5, 0.6) is 0 Å². The van der Waals surface area contributed by atoms with Crippen LogP contribution in [-0.2, 0) is 13.0 Å². The Morgan fingerprint density at radius 2 is 2.14 bits per heavy atom. The number of aryl methyl sites for hydroxylation is 1. The van der Waals surface area contributed by atoms with E-state index in [9.17, 15) is 0 Å². The van der Waals surface area contributed by atoms with Crippen molar-refractivity contribution in [1.29, 1.82) is 0 Å². The Kier molecular flexibility index (Phi) is 5.04. The number of piperidine rings is 1. The molecule has 1 saturated heterocycles. The largest absolute Gasteiger partial charge is 0.347 e. The lowest BCUT2D eigenvalue weighted by Crippen LogP contribution is -2.44. The molecule has 1 aliphatic heterocycles. The molecule has 2 aromatic rings. The third-order valence-corrected chi connectivity index (χ3v) is 5.23. The van der Waals surface area contributed by atoms with Crippen molar-refractivity contribution in [2.75, 3.05) is 31.6 Å². The Bertz CT molecular complexity index is 558. The van der Waals surface area contributed by atoms with Crippen molar-refractivity contribution in [2.45, 2.75) is 38.8 Å². The molecular formula is C15H24N6S. The van der Waals surface area contributed by atoms with Crippen molar-refractivity contribution < 1.29 is 0 Å². The molecule has 0 aliphatic carbocycles. The fourth-order valence-electron chi connectivity index (χ4n) is 2.89. The average molecular weight is 320 g/mol. The molecule has 3 heterocycles. The fraction of sp³-hybridized carbons (Fsp3) is 0.667. The van der Waals surface area contributed by atoms with Gasteiger partial charge in [0.05, 0.1) is 6.54 Å². The van der Waals surface area contributed by atoms with Gasteiger partial charge >= 0.3 is 0 Å². The fourth-order valence-corrected chi connectivity index (χ4v) is 3.68. The summed E-state index contributed by atoms with van der Waals surface area (Å²) in [7, 11) is 2.16. The van der Waals surface area contributed by atoms with Crippen molar-refractivity contribution in [2.24, 2.45) is 0 Å². The highest BCUT2D eigenvalue weighted by atomic mass is 32.1. The second kappa shape index (κ2) is 7.19. The van der Waals surface area contributed by atoms with Crippen LogP contribution in [0.3, 0.4) is 0 Å². The number of nitrogens with zero attached hydrogens (tertiary/aromatic N) is 6. The lowest BCUT2D eigenvalue weighted by molar-refractivity contribution is 0.201. The van der Waals surface area contributed by atoms with Gasteiger partial charge in [-0.25, -0.2) is 4.98 Å². The van der Waals surface area contributed by atoms with Crippen molar-refractivity contribution in [3.8, 4) is 0 Å². The monoisotopic (exact) mass is 320 g/mol. The van der Waals surface area contributed by atoms with Crippen molar-refractivity contribution in [3.63, 3.8) is 0 Å². The van der Waals surface area contributed by atoms with Gasteiger partial charge in [0.25, 0.3) is 0 Å². The predicted octanol–water partition coefficient (Wildman–Crippen LogP) is 1.90. The second-order valence-electron chi connectivity index (χ2n) is 5.80. The second-order valence-corrected chi connectivity index (χ2v) is 6.53. The minimum atomic E-state index is 0.582. The van der Waals surface area contributed by atoms with Crippen LogP contribution in [0.15, 0.2) is 18.5 Å². The quantitative estimate of drug-likeness (QED) is 0.813. The zero-order chi connectivity index (χ0) is 15.4. The van der Waals surface area contributed by atoms with Gasteiger partial charge in [0.2, 0.25) is 5.13 Å². The number of likely N-dealkylation sites (tertiary alicyclic amines) is 1. The van der Waals surface area contributed by atoms with Gasteiger partial charge in [-0.1, -0.05) is 6.92 Å². The molecule has 22 heavy (non-hydrogen) atoms. The van der Waals surface area contributed by atoms with Crippen molar-refractivity contribution >= 4 is 16.7 Å². The molecule has 0 aromatic carbocycles. The van der Waals surface area contributed by atoms with Crippen LogP contribution in [0.2, 0.25) is 0 Å². The van der Waals surface area contributed by atoms with E-state index in [-0.39, 0.29) is 0 Å². The number of rotatable bonds is 6. The molecule has 1 fully saturated rings. The molecule has 3 rings (SSSR count). The lowest BCUT2D eigenvalue weighted by atomic mass is 10.0. The minimum Gasteiger partial charge on any atom is -0.347 e. The standard InChI is InChI=1S/C15H24N6S/c1-3-14-17-15(22-18-14)19(2)13-5-9-20(10-6-13)11-12-21-8-4-7-16-21/h4,7-8,13H,3,5-6,9-12H2,1-2H3. The van der Waals surface area contributed by atoms with Gasteiger partial charge in [-0.05, 0) is 18.9 Å². The van der Waals surface area contributed by atoms with Crippen LogP contribution in [0.1, 0.15) is 25.6 Å². The number of hydrogen-bond donors (Lipinski definition) is 0. The summed E-state index contributed by atoms with van der Waals surface area (Å²) in [6, 6.07) is 2.56. The number of hydrogen-bond acceptors (Lipinski definition) is 6. The van der Waals surface area contributed by atoms with Crippen LogP contribution in [0.4, 0.5) is 5.13 Å². The summed E-state index contributed by atoms with van der Waals surface area (Å²) < 4.78 is 6.40. The summed E-state index contributed by atoms with van der Waals surface area (Å²) in [5, 5.41) is 5.32. The normalized spacial score (nSPS) is 17.0. The number of anilines is 1. The first-order chi connectivity index (χ1) is 10.8. The molecule has 0 spiro atoms. The van der Waals surface area contributed by atoms with E-state index in [1.807, 2.05) is 23.1 Å². The molecule has 7 heteroatoms. The molecule has 0 amide bonds. The highest BCUT2D eigenvalue weighted by Crippen LogP contribution is 2.23. The topological polar surface area (TPSA) is 50.1 Å². The van der Waals surface area contributed by atoms with Crippen LogP contribution in [0, 0.1) is 0 Å². The maximum Gasteiger partial charge on any atom is 0.205 e. The third-order valence-electron chi connectivity index (χ3n) is 4.38. The van der Waals surface area contributed by atoms with Gasteiger partial charge in [0.15, 0.2) is 0 Å². The Hall–Kier alpha value is -1.47. The smallest absolute Gasteiger partial charge is 0.205 e. The van der Waals surface area contributed by atoms with Gasteiger partial charge in [-0.15, -0.1) is 0 Å². The molecule has 0 N–H and O–H groups in total. The molecule has 6 nitrogen and oxygen atoms in total. The summed E-state index contributed by atoms with van der Waals surface area (Å²) >= 11 is 1.52. The van der Waals surface area contributed by atoms with Crippen LogP contribution in [-0.4, -0.2) is 56.8 Å². The molecule has 0 unspecified atom stereocenters. The maximum absolute atomic E-state index is 4.60. The predicted molar refractivity (Wildman–Crippen MR) is 89.4 cm³/mol. The van der Waals surface area contributed by atoms with Gasteiger partial charge in [-0.3, -0.25) is 4.68 Å². The van der Waals surface area contributed by atoms with Crippen molar-refractivity contribution in [3.05, 3.63) is 24.3 Å². The van der Waals surface area contributed by atoms with E-state index in [1.54, 1.807) is 0 Å². The molecule has 0 radical (unpaired) electrons. The van der Waals surface area contributed by atoms with E-state index in [0.29, 0.717) is 6.04 Å². The summed E-state index contributed by atoms with van der Waals surface area (Å²) in [6.07, 6.45) is 7.17. The SMILES string of the molecule is CCc1nsc(N(C)C2CCN(CCn3cccn3)CC2)n1. The first-order valence-corrected chi connectivity index (χ1v) is 8.79. The molecule has 0 bridgehead atoms. The van der Waals surface area contributed by atoms with E-state index in [4.69, 9.17) is 0 Å². The molecular weight excluding hydrogens is 296 g/mol. The number of aromatic nitrogens is 4. The lowest BCUT2D eigenvalue weighted by Gasteiger charge is -2.36. The molecule has 2 aromatic heterocycles. The van der Waals surface area contributed by atoms with Crippen LogP contribution < -0.4 is 4.90 Å². The average Bonchev–Trinajstić information content (AvgIpc) is 3.24. The minimum absolute atomic E-state index is 0.582. The Balaban J connectivity index is 1.46. The molecule has 1 aliphatic rings. The van der Waals surface area contributed by atoms with E-state index in [1.165, 1.54) is 24.4 Å². The first kappa shape index (κ1) is 15.4. The Morgan fingerprint density at radius 3 is 2.77 bits per heavy atom. The summed E-state index contributed by atoms with van der Waals surface area (Å²) in [5.41, 5.74) is 0. The highest BCUT2D eigenvalue weighted by Gasteiger charge is 2.24. The van der Waals surface area contributed by atoms with Gasteiger partial charge in [-0.2, -0.15) is 9.47 Å². The summed E-state index contributed by atoms with van der Waals surface area (Å²) in [6.45, 7) is 6.45. The van der Waals surface area contributed by atoms with Crippen LogP contribution >= 0.6 is 11.5 Å². The summed E-state index contributed by atoms with van der Waals surface area (Å²) in [5.74, 6) is 0.962. The van der Waals surface area contributed by atoms with Crippen molar-refractivity contribution in [1.82, 2.24) is 24.0 Å². The van der Waals surface area contributed by atoms with E-state index in [0.717, 1.165) is 43.6 Å². The zero-order valence-corrected chi connectivity index (χ0v) is 14.2. The maximum atomic E-state index is 4.60. The van der Waals surface area contributed by atoms with Gasteiger partial charge in [0, 0.05) is 63.1 Å². The zero-order valence-electron chi connectivity index (χ0n) is 13.4. The van der Waals surface area contributed by atoms with E-state index < -0.39 is 0 Å². The van der Waals surface area contributed by atoms with Gasteiger partial charge < -0.3 is 9.80 Å². The Morgan fingerprint density at radius 1 is 1.32 bits per heavy atom. The molecule has 0 saturated carbocycles. The molecule has 0 atom stereocenters. The van der Waals surface area contributed by atoms with Crippen LogP contribution in [0.25, 0.3) is 0 Å². The third kappa shape index (κ3) is 3.64.